The third-order valence-corrected chi connectivity index (χ3v) is 4.43. The van der Waals surface area contributed by atoms with Crippen molar-refractivity contribution in [2.45, 2.75) is 19.9 Å². The number of benzene rings is 2. The van der Waals surface area contributed by atoms with Gasteiger partial charge in [-0.2, -0.15) is 0 Å². The van der Waals surface area contributed by atoms with Gasteiger partial charge in [-0.3, -0.25) is 4.79 Å². The molecule has 0 spiro atoms. The summed E-state index contributed by atoms with van der Waals surface area (Å²) in [6.45, 7) is 3.62. The molecule has 7 heteroatoms. The molecule has 0 saturated heterocycles. The normalized spacial score (nSPS) is 12.0. The third kappa shape index (κ3) is 3.76. The zero-order valence-electron chi connectivity index (χ0n) is 13.7. The van der Waals surface area contributed by atoms with E-state index in [4.69, 9.17) is 0 Å². The molecule has 1 N–H and O–H groups in total. The predicted octanol–water partition coefficient (Wildman–Crippen LogP) is 3.97. The third-order valence-electron chi connectivity index (χ3n) is 3.90. The molecule has 128 valence electrons. The van der Waals surface area contributed by atoms with Gasteiger partial charge in [0, 0.05) is 4.47 Å². The summed E-state index contributed by atoms with van der Waals surface area (Å²) in [5.74, 6) is -0.631. The van der Waals surface area contributed by atoms with Crippen LogP contribution in [0.15, 0.2) is 53.0 Å². The lowest BCUT2D eigenvalue weighted by Gasteiger charge is -2.13. The van der Waals surface area contributed by atoms with Crippen LogP contribution < -0.4 is 5.32 Å². The highest BCUT2D eigenvalue weighted by Gasteiger charge is 2.19. The summed E-state index contributed by atoms with van der Waals surface area (Å²) in [5.41, 5.74) is 2.54. The van der Waals surface area contributed by atoms with Gasteiger partial charge < -0.3 is 5.32 Å². The first-order valence-electron chi connectivity index (χ1n) is 7.70. The number of nitrogens with zero attached hydrogens (tertiary/aromatic N) is 3. The Morgan fingerprint density at radius 3 is 2.44 bits per heavy atom. The molecule has 0 saturated carbocycles. The van der Waals surface area contributed by atoms with Crippen molar-refractivity contribution in [1.82, 2.24) is 20.3 Å². The van der Waals surface area contributed by atoms with Crippen LogP contribution in [0.3, 0.4) is 0 Å². The highest BCUT2D eigenvalue weighted by Crippen LogP contribution is 2.17. The second-order valence-corrected chi connectivity index (χ2v) is 6.57. The number of halogens is 2. The molecule has 1 heterocycles. The number of nitrogens with one attached hydrogen (secondary N) is 1. The molecular formula is C18H16BrFN4O. The summed E-state index contributed by atoms with van der Waals surface area (Å²) in [5, 5.41) is 10.9. The fourth-order valence-electron chi connectivity index (χ4n) is 2.47. The number of hydrogen-bond donors (Lipinski definition) is 1. The van der Waals surface area contributed by atoms with Gasteiger partial charge in [0.25, 0.3) is 5.91 Å². The van der Waals surface area contributed by atoms with Gasteiger partial charge in [0.1, 0.15) is 5.82 Å². The van der Waals surface area contributed by atoms with Gasteiger partial charge in [-0.1, -0.05) is 33.3 Å². The first kappa shape index (κ1) is 17.3. The molecule has 3 rings (SSSR count). The summed E-state index contributed by atoms with van der Waals surface area (Å²) in [7, 11) is 0. The Hall–Kier alpha value is -2.54. The molecule has 5 nitrogen and oxygen atoms in total. The van der Waals surface area contributed by atoms with Crippen LogP contribution in [-0.2, 0) is 0 Å². The molecule has 0 aliphatic heterocycles. The molecule has 0 unspecified atom stereocenters. The lowest BCUT2D eigenvalue weighted by Crippen LogP contribution is -2.27. The van der Waals surface area contributed by atoms with Gasteiger partial charge in [-0.05, 0) is 55.8 Å². The lowest BCUT2D eigenvalue weighted by atomic mass is 10.1. The van der Waals surface area contributed by atoms with E-state index in [9.17, 15) is 9.18 Å². The van der Waals surface area contributed by atoms with Crippen molar-refractivity contribution in [2.24, 2.45) is 0 Å². The molecule has 25 heavy (non-hydrogen) atoms. The van der Waals surface area contributed by atoms with Gasteiger partial charge in [-0.15, -0.1) is 5.10 Å². The maximum Gasteiger partial charge on any atom is 0.274 e. The molecular weight excluding hydrogens is 387 g/mol. The van der Waals surface area contributed by atoms with Crippen LogP contribution in [0, 0.1) is 12.7 Å². The van der Waals surface area contributed by atoms with Crippen LogP contribution in [0.2, 0.25) is 0 Å². The molecule has 3 aromatic rings. The first-order valence-corrected chi connectivity index (χ1v) is 8.49. The van der Waals surface area contributed by atoms with E-state index in [1.54, 1.807) is 23.7 Å². The fourth-order valence-corrected chi connectivity index (χ4v) is 2.73. The van der Waals surface area contributed by atoms with Crippen molar-refractivity contribution < 1.29 is 9.18 Å². The van der Waals surface area contributed by atoms with E-state index in [2.05, 4.69) is 31.6 Å². The Bertz CT molecular complexity index is 890. The fraction of sp³-hybridized carbons (Fsp3) is 0.167. The van der Waals surface area contributed by atoms with Gasteiger partial charge in [0.15, 0.2) is 5.69 Å². The zero-order chi connectivity index (χ0) is 18.0. The van der Waals surface area contributed by atoms with Gasteiger partial charge in [-0.25, -0.2) is 9.07 Å². The summed E-state index contributed by atoms with van der Waals surface area (Å²) < 4.78 is 15.6. The number of amides is 1. The van der Waals surface area contributed by atoms with E-state index in [1.165, 1.54) is 12.1 Å². The van der Waals surface area contributed by atoms with Crippen LogP contribution >= 0.6 is 15.9 Å². The predicted molar refractivity (Wildman–Crippen MR) is 96.1 cm³/mol. The Kier molecular flexibility index (Phi) is 4.94. The second kappa shape index (κ2) is 7.14. The van der Waals surface area contributed by atoms with Crippen LogP contribution in [-0.4, -0.2) is 20.9 Å². The Labute approximate surface area is 153 Å². The van der Waals surface area contributed by atoms with Crippen molar-refractivity contribution in [1.29, 1.82) is 0 Å². The van der Waals surface area contributed by atoms with Gasteiger partial charge in [0.05, 0.1) is 17.4 Å². The number of carbonyl (C=O) groups is 1. The molecule has 2 aromatic carbocycles. The average molecular weight is 403 g/mol. The van der Waals surface area contributed by atoms with Gasteiger partial charge >= 0.3 is 0 Å². The molecule has 0 aliphatic rings. The van der Waals surface area contributed by atoms with E-state index in [0.29, 0.717) is 5.69 Å². The standard InChI is InChI=1S/C18H16BrFN4O/c1-11(13-3-7-15(20)8-4-13)21-18(25)17-12(2)24(23-22-17)16-9-5-14(19)6-10-16/h3-11H,1-2H3,(H,21,25)/t11-/m0/s1. The molecule has 1 aromatic heterocycles. The highest BCUT2D eigenvalue weighted by molar-refractivity contribution is 9.10. The van der Waals surface area contributed by atoms with E-state index >= 15 is 0 Å². The SMILES string of the molecule is Cc1c(C(=O)N[C@@H](C)c2ccc(F)cc2)nnn1-c1ccc(Br)cc1. The van der Waals surface area contributed by atoms with E-state index in [-0.39, 0.29) is 23.5 Å². The minimum absolute atomic E-state index is 0.261. The number of hydrogen-bond acceptors (Lipinski definition) is 3. The number of aromatic nitrogens is 3. The van der Waals surface area contributed by atoms with Crippen molar-refractivity contribution >= 4 is 21.8 Å². The van der Waals surface area contributed by atoms with Gasteiger partial charge in [0.2, 0.25) is 0 Å². The molecule has 0 fully saturated rings. The molecule has 1 atom stereocenters. The van der Waals surface area contributed by atoms with Crippen LogP contribution in [0.5, 0.6) is 0 Å². The van der Waals surface area contributed by atoms with Crippen molar-refractivity contribution in [3.8, 4) is 5.69 Å². The van der Waals surface area contributed by atoms with E-state index < -0.39 is 0 Å². The lowest BCUT2D eigenvalue weighted by molar-refractivity contribution is 0.0934. The minimum Gasteiger partial charge on any atom is -0.344 e. The van der Waals surface area contributed by atoms with E-state index in [0.717, 1.165) is 15.7 Å². The van der Waals surface area contributed by atoms with Crippen LogP contribution in [0.25, 0.3) is 5.69 Å². The summed E-state index contributed by atoms with van der Waals surface area (Å²) in [4.78, 5) is 12.5. The molecule has 1 amide bonds. The monoisotopic (exact) mass is 402 g/mol. The van der Waals surface area contributed by atoms with Crippen molar-refractivity contribution in [3.05, 3.63) is 75.8 Å². The topological polar surface area (TPSA) is 59.8 Å². The summed E-state index contributed by atoms with van der Waals surface area (Å²) in [6, 6.07) is 13.3. The quantitative estimate of drug-likeness (QED) is 0.717. The molecule has 0 aliphatic carbocycles. The van der Waals surface area contributed by atoms with E-state index in [1.807, 2.05) is 31.2 Å². The first-order chi connectivity index (χ1) is 12.0. The maximum atomic E-state index is 13.0. The number of carbonyl (C=O) groups excluding carboxylic acids is 1. The Balaban J connectivity index is 1.79. The minimum atomic E-state index is -0.322. The smallest absolute Gasteiger partial charge is 0.274 e. The Morgan fingerprint density at radius 2 is 1.80 bits per heavy atom. The molecule has 0 radical (unpaired) electrons. The number of rotatable bonds is 4. The maximum absolute atomic E-state index is 13.0. The zero-order valence-corrected chi connectivity index (χ0v) is 15.3. The second-order valence-electron chi connectivity index (χ2n) is 5.66. The summed E-state index contributed by atoms with van der Waals surface area (Å²) in [6.07, 6.45) is 0. The van der Waals surface area contributed by atoms with Crippen molar-refractivity contribution in [2.75, 3.05) is 0 Å². The average Bonchev–Trinajstić information content (AvgIpc) is 2.98. The Morgan fingerprint density at radius 1 is 1.16 bits per heavy atom. The van der Waals surface area contributed by atoms with Crippen molar-refractivity contribution in [3.63, 3.8) is 0 Å². The highest BCUT2D eigenvalue weighted by atomic mass is 79.9. The van der Waals surface area contributed by atoms with Crippen LogP contribution in [0.1, 0.15) is 34.7 Å². The summed E-state index contributed by atoms with van der Waals surface area (Å²) >= 11 is 3.39. The largest absolute Gasteiger partial charge is 0.344 e. The van der Waals surface area contributed by atoms with Crippen LogP contribution in [0.4, 0.5) is 4.39 Å². The molecule has 0 bridgehead atoms.